The van der Waals surface area contributed by atoms with Gasteiger partial charge in [-0.3, -0.25) is 4.79 Å². The number of benzene rings is 1. The van der Waals surface area contributed by atoms with Crippen LogP contribution in [0, 0.1) is 5.41 Å². The summed E-state index contributed by atoms with van der Waals surface area (Å²) < 4.78 is 1.11. The van der Waals surface area contributed by atoms with Crippen LogP contribution in [0.2, 0.25) is 0 Å². The van der Waals surface area contributed by atoms with Crippen molar-refractivity contribution >= 4 is 44.5 Å². The van der Waals surface area contributed by atoms with Gasteiger partial charge in [-0.15, -0.1) is 11.3 Å². The molecule has 0 aliphatic rings. The lowest BCUT2D eigenvalue weighted by Gasteiger charge is -2.23. The highest BCUT2D eigenvalue weighted by molar-refractivity contribution is 7.80. The lowest BCUT2D eigenvalue weighted by atomic mass is 9.93. The van der Waals surface area contributed by atoms with Gasteiger partial charge in [0.05, 0.1) is 10.6 Å². The molecule has 3 nitrogen and oxygen atoms in total. The predicted molar refractivity (Wildman–Crippen MR) is 84.7 cm³/mol. The first-order valence-corrected chi connectivity index (χ1v) is 7.25. The highest BCUT2D eigenvalue weighted by atomic mass is 32.1. The molecule has 0 aliphatic heterocycles. The Kier molecular flexibility index (Phi) is 3.87. The van der Waals surface area contributed by atoms with E-state index in [9.17, 15) is 4.79 Å². The molecular formula is C14H16N2OS2. The number of nitrogens with two attached hydrogens (primary N) is 1. The molecule has 100 valence electrons. The van der Waals surface area contributed by atoms with Crippen LogP contribution in [0.1, 0.15) is 24.2 Å². The predicted octanol–water partition coefficient (Wildman–Crippen LogP) is 2.94. The first-order valence-electron chi connectivity index (χ1n) is 5.96. The third-order valence-electron chi connectivity index (χ3n) is 3.08. The van der Waals surface area contributed by atoms with Gasteiger partial charge < -0.3 is 11.1 Å². The minimum atomic E-state index is -0.378. The van der Waals surface area contributed by atoms with E-state index in [1.165, 1.54) is 0 Å². The van der Waals surface area contributed by atoms with Gasteiger partial charge in [-0.1, -0.05) is 44.3 Å². The van der Waals surface area contributed by atoms with Crippen LogP contribution in [-0.2, 0) is 0 Å². The van der Waals surface area contributed by atoms with Crippen LogP contribution in [0.15, 0.2) is 29.6 Å². The minimum absolute atomic E-state index is 0.0817. The molecule has 1 amide bonds. The van der Waals surface area contributed by atoms with Gasteiger partial charge in [0.25, 0.3) is 5.91 Å². The summed E-state index contributed by atoms with van der Waals surface area (Å²) in [7, 11) is 0. The zero-order valence-electron chi connectivity index (χ0n) is 10.9. The summed E-state index contributed by atoms with van der Waals surface area (Å²) in [5.41, 5.74) is 5.98. The fourth-order valence-electron chi connectivity index (χ4n) is 1.64. The zero-order valence-corrected chi connectivity index (χ0v) is 12.5. The average Bonchev–Trinajstić information content (AvgIpc) is 2.79. The normalized spacial score (nSPS) is 11.5. The number of hydrogen-bond acceptors (Lipinski definition) is 3. The smallest absolute Gasteiger partial charge is 0.252 e. The lowest BCUT2D eigenvalue weighted by molar-refractivity contribution is 0.0947. The van der Waals surface area contributed by atoms with E-state index in [0.29, 0.717) is 17.1 Å². The van der Waals surface area contributed by atoms with Crippen LogP contribution in [0.4, 0.5) is 0 Å². The molecule has 5 heteroatoms. The second kappa shape index (κ2) is 5.27. The third-order valence-corrected chi connectivity index (χ3v) is 4.60. The summed E-state index contributed by atoms with van der Waals surface area (Å²) in [6.07, 6.45) is 0. The SMILES string of the molecule is CC(C)(CNC(=O)c1csc2ccccc12)C(N)=S. The van der Waals surface area contributed by atoms with Gasteiger partial charge in [0.15, 0.2) is 0 Å². The maximum Gasteiger partial charge on any atom is 0.252 e. The topological polar surface area (TPSA) is 55.1 Å². The first-order chi connectivity index (χ1) is 8.92. The Morgan fingerprint density at radius 3 is 2.79 bits per heavy atom. The molecule has 0 saturated heterocycles. The number of carbonyl (C=O) groups is 1. The molecule has 1 heterocycles. The Morgan fingerprint density at radius 1 is 1.42 bits per heavy atom. The summed E-state index contributed by atoms with van der Waals surface area (Å²) in [6, 6.07) is 7.87. The van der Waals surface area contributed by atoms with Crippen molar-refractivity contribution in [2.24, 2.45) is 11.1 Å². The van der Waals surface area contributed by atoms with Crippen LogP contribution >= 0.6 is 23.6 Å². The van der Waals surface area contributed by atoms with Crippen molar-refractivity contribution in [2.75, 3.05) is 6.54 Å². The maximum atomic E-state index is 12.2. The Morgan fingerprint density at radius 2 is 2.11 bits per heavy atom. The number of amides is 1. The summed E-state index contributed by atoms with van der Waals surface area (Å²) in [4.78, 5) is 12.6. The number of rotatable bonds is 4. The largest absolute Gasteiger partial charge is 0.393 e. The average molecular weight is 292 g/mol. The van der Waals surface area contributed by atoms with Gasteiger partial charge in [0.1, 0.15) is 0 Å². The van der Waals surface area contributed by atoms with Crippen LogP contribution in [0.25, 0.3) is 10.1 Å². The molecule has 2 rings (SSSR count). The quantitative estimate of drug-likeness (QED) is 0.852. The monoisotopic (exact) mass is 292 g/mol. The van der Waals surface area contributed by atoms with Crippen molar-refractivity contribution in [3.05, 3.63) is 35.2 Å². The van der Waals surface area contributed by atoms with E-state index in [1.54, 1.807) is 11.3 Å². The Bertz CT molecular complexity index is 631. The molecule has 0 fully saturated rings. The van der Waals surface area contributed by atoms with E-state index in [-0.39, 0.29) is 11.3 Å². The Labute approximate surface area is 121 Å². The molecule has 1 aromatic heterocycles. The third kappa shape index (κ3) is 2.93. The molecule has 0 bridgehead atoms. The van der Waals surface area contributed by atoms with Gasteiger partial charge in [-0.05, 0) is 6.07 Å². The van der Waals surface area contributed by atoms with E-state index >= 15 is 0 Å². The number of carbonyl (C=O) groups excluding carboxylic acids is 1. The van der Waals surface area contributed by atoms with Crippen molar-refractivity contribution < 1.29 is 4.79 Å². The number of nitrogens with one attached hydrogen (secondary N) is 1. The summed E-state index contributed by atoms with van der Waals surface area (Å²) in [5, 5.41) is 5.77. The molecule has 19 heavy (non-hydrogen) atoms. The van der Waals surface area contributed by atoms with Crippen molar-refractivity contribution in [1.82, 2.24) is 5.32 Å². The number of thiocarbonyl (C=S) groups is 1. The highest BCUT2D eigenvalue weighted by Gasteiger charge is 2.23. The van der Waals surface area contributed by atoms with E-state index < -0.39 is 0 Å². The highest BCUT2D eigenvalue weighted by Crippen LogP contribution is 2.25. The molecule has 0 aliphatic carbocycles. The van der Waals surface area contributed by atoms with Gasteiger partial charge in [-0.2, -0.15) is 0 Å². The second-order valence-corrected chi connectivity index (χ2v) is 6.43. The molecule has 3 N–H and O–H groups in total. The summed E-state index contributed by atoms with van der Waals surface area (Å²) >= 11 is 6.56. The molecule has 2 aromatic rings. The Balaban J connectivity index is 2.15. The lowest BCUT2D eigenvalue weighted by Crippen LogP contribution is -2.41. The maximum absolute atomic E-state index is 12.2. The van der Waals surface area contributed by atoms with Gasteiger partial charge in [0.2, 0.25) is 0 Å². The molecule has 0 radical (unpaired) electrons. The van der Waals surface area contributed by atoms with Gasteiger partial charge >= 0.3 is 0 Å². The van der Waals surface area contributed by atoms with Crippen LogP contribution in [-0.4, -0.2) is 17.4 Å². The molecule has 0 atom stereocenters. The zero-order chi connectivity index (χ0) is 14.0. The molecule has 0 spiro atoms. The number of hydrogen-bond donors (Lipinski definition) is 2. The number of fused-ring (bicyclic) bond motifs is 1. The number of thiophene rings is 1. The fraction of sp³-hybridized carbons (Fsp3) is 0.286. The van der Waals surface area contributed by atoms with Crippen molar-refractivity contribution in [3.8, 4) is 0 Å². The van der Waals surface area contributed by atoms with Gasteiger partial charge in [0, 0.05) is 27.4 Å². The van der Waals surface area contributed by atoms with Crippen LogP contribution < -0.4 is 11.1 Å². The van der Waals surface area contributed by atoms with E-state index in [2.05, 4.69) is 5.32 Å². The van der Waals surface area contributed by atoms with Gasteiger partial charge in [-0.25, -0.2) is 0 Å². The van der Waals surface area contributed by atoms with Crippen molar-refractivity contribution in [3.63, 3.8) is 0 Å². The van der Waals surface area contributed by atoms with E-state index in [4.69, 9.17) is 18.0 Å². The van der Waals surface area contributed by atoms with Crippen molar-refractivity contribution in [2.45, 2.75) is 13.8 Å². The molecular weight excluding hydrogens is 276 g/mol. The summed E-state index contributed by atoms with van der Waals surface area (Å²) in [6.45, 7) is 4.27. The van der Waals surface area contributed by atoms with E-state index in [1.807, 2.05) is 43.5 Å². The standard InChI is InChI=1S/C14H16N2OS2/c1-14(2,13(15)18)8-16-12(17)10-7-19-11-6-4-3-5-9(10)11/h3-7H,8H2,1-2H3,(H2,15,18)(H,16,17). The molecule has 1 aromatic carbocycles. The Hall–Kier alpha value is -1.46. The van der Waals surface area contributed by atoms with Crippen molar-refractivity contribution in [1.29, 1.82) is 0 Å². The minimum Gasteiger partial charge on any atom is -0.393 e. The first kappa shape index (κ1) is 14.0. The van der Waals surface area contributed by atoms with E-state index in [0.717, 1.165) is 10.1 Å². The molecule has 0 unspecified atom stereocenters. The second-order valence-electron chi connectivity index (χ2n) is 5.08. The van der Waals surface area contributed by atoms with Crippen LogP contribution in [0.5, 0.6) is 0 Å². The summed E-state index contributed by atoms with van der Waals surface area (Å²) in [5.74, 6) is -0.0817. The van der Waals surface area contributed by atoms with Crippen LogP contribution in [0.3, 0.4) is 0 Å². The fourth-order valence-corrected chi connectivity index (χ4v) is 2.65. The molecule has 0 saturated carbocycles.